The molecule has 1 N–H and O–H groups in total. The Kier molecular flexibility index (Phi) is 8.68. The molecular formula is C24H29F3N4O5S2. The van der Waals surface area contributed by atoms with E-state index < -0.39 is 27.8 Å². The molecule has 14 heteroatoms. The number of carbonyl (C=O) groups is 1. The zero-order valence-corrected chi connectivity index (χ0v) is 23.3. The number of sulfonamides is 1. The molecule has 3 aromatic rings. The van der Waals surface area contributed by atoms with Crippen LogP contribution in [0.5, 0.6) is 0 Å². The fraction of sp³-hybridized carbons (Fsp3) is 0.500. The second-order valence-electron chi connectivity index (χ2n) is 9.91. The SMILES string of the molecule is Cc1cc(S(=O)(=O)N[C@@H](C)C(F)(F)F)ccc1-c1sc(-c2nnc(CC(C)(C)OC=O)o2)nc1CC(C)C. The summed E-state index contributed by atoms with van der Waals surface area (Å²) in [6.45, 7) is 10.2. The number of rotatable bonds is 11. The van der Waals surface area contributed by atoms with Gasteiger partial charge in [-0.15, -0.1) is 21.5 Å². The third-order valence-corrected chi connectivity index (χ3v) is 8.13. The average Bonchev–Trinajstić information content (AvgIpc) is 3.39. The summed E-state index contributed by atoms with van der Waals surface area (Å²) in [5, 5.41) is 8.57. The van der Waals surface area contributed by atoms with Crippen LogP contribution < -0.4 is 4.72 Å². The Labute approximate surface area is 222 Å². The van der Waals surface area contributed by atoms with Crippen molar-refractivity contribution in [2.45, 2.75) is 77.1 Å². The Morgan fingerprint density at radius 2 is 1.87 bits per heavy atom. The molecule has 2 aromatic heterocycles. The first-order valence-electron chi connectivity index (χ1n) is 11.7. The number of alkyl halides is 3. The molecule has 0 aliphatic rings. The van der Waals surface area contributed by atoms with Crippen LogP contribution in [0.2, 0.25) is 0 Å². The first kappa shape index (κ1) is 29.7. The maximum absolute atomic E-state index is 12.9. The van der Waals surface area contributed by atoms with Crippen LogP contribution in [-0.2, 0) is 32.4 Å². The highest BCUT2D eigenvalue weighted by Crippen LogP contribution is 2.38. The van der Waals surface area contributed by atoms with Crippen molar-refractivity contribution in [1.29, 1.82) is 0 Å². The van der Waals surface area contributed by atoms with Crippen molar-refractivity contribution in [3.05, 3.63) is 35.3 Å². The van der Waals surface area contributed by atoms with E-state index >= 15 is 0 Å². The van der Waals surface area contributed by atoms with E-state index in [1.54, 1.807) is 31.6 Å². The number of benzene rings is 1. The Hall–Kier alpha value is -2.84. The Bertz CT molecular complexity index is 1400. The number of aromatic nitrogens is 3. The van der Waals surface area contributed by atoms with Crippen LogP contribution in [0.1, 0.15) is 51.8 Å². The highest BCUT2D eigenvalue weighted by molar-refractivity contribution is 7.89. The third kappa shape index (κ3) is 7.17. The van der Waals surface area contributed by atoms with Crippen molar-refractivity contribution in [3.63, 3.8) is 0 Å². The normalized spacial score (nSPS) is 13.6. The van der Waals surface area contributed by atoms with Crippen molar-refractivity contribution in [2.75, 3.05) is 0 Å². The molecular weight excluding hydrogens is 545 g/mol. The van der Waals surface area contributed by atoms with Gasteiger partial charge in [-0.1, -0.05) is 19.9 Å². The lowest BCUT2D eigenvalue weighted by Gasteiger charge is -2.19. The van der Waals surface area contributed by atoms with Crippen molar-refractivity contribution in [3.8, 4) is 21.3 Å². The molecule has 3 rings (SSSR count). The van der Waals surface area contributed by atoms with Crippen molar-refractivity contribution >= 4 is 27.8 Å². The third-order valence-electron chi connectivity index (χ3n) is 5.47. The Morgan fingerprint density at radius 3 is 2.45 bits per heavy atom. The number of nitrogens with zero attached hydrogens (tertiary/aromatic N) is 3. The summed E-state index contributed by atoms with van der Waals surface area (Å²) >= 11 is 1.28. The lowest BCUT2D eigenvalue weighted by Crippen LogP contribution is -2.42. The maximum atomic E-state index is 12.9. The number of nitrogens with one attached hydrogen (secondary N) is 1. The molecule has 0 spiro atoms. The zero-order valence-electron chi connectivity index (χ0n) is 21.7. The lowest BCUT2D eigenvalue weighted by molar-refractivity contribution is -0.147. The number of carbonyl (C=O) groups excluding carboxylic acids is 1. The standard InChI is InChI=1S/C24H29F3N4O5S2/c1-13(2)9-18-20(37-22(28-18)21-30-29-19(36-21)11-23(5,6)35-12-32)17-8-7-16(10-14(17)3)38(33,34)31-15(4)24(25,26)27/h7-8,10,12-13,15,31H,9,11H2,1-6H3/t15-/m0/s1. The summed E-state index contributed by atoms with van der Waals surface area (Å²) in [5.74, 6) is 0.696. The van der Waals surface area contributed by atoms with Crippen molar-refractivity contribution in [2.24, 2.45) is 5.92 Å². The molecule has 0 saturated heterocycles. The highest BCUT2D eigenvalue weighted by atomic mass is 32.2. The summed E-state index contributed by atoms with van der Waals surface area (Å²) < 4.78 is 76.3. The molecule has 208 valence electrons. The molecule has 0 aliphatic carbocycles. The largest absolute Gasteiger partial charge is 0.461 e. The molecule has 0 radical (unpaired) electrons. The van der Waals surface area contributed by atoms with Gasteiger partial charge in [-0.05, 0) is 63.3 Å². The summed E-state index contributed by atoms with van der Waals surface area (Å²) in [6.07, 6.45) is -3.90. The van der Waals surface area contributed by atoms with E-state index in [0.29, 0.717) is 29.0 Å². The van der Waals surface area contributed by atoms with Crippen molar-refractivity contribution in [1.82, 2.24) is 19.9 Å². The van der Waals surface area contributed by atoms with Gasteiger partial charge in [0.2, 0.25) is 15.9 Å². The smallest absolute Gasteiger partial charge is 0.404 e. The minimum absolute atomic E-state index is 0.186. The molecule has 1 atom stereocenters. The summed E-state index contributed by atoms with van der Waals surface area (Å²) in [4.78, 5) is 15.9. The van der Waals surface area contributed by atoms with E-state index in [9.17, 15) is 26.4 Å². The summed E-state index contributed by atoms with van der Waals surface area (Å²) in [6, 6.07) is 1.93. The van der Waals surface area contributed by atoms with Gasteiger partial charge < -0.3 is 9.15 Å². The first-order valence-corrected chi connectivity index (χ1v) is 14.0. The number of hydrogen-bond acceptors (Lipinski definition) is 9. The second kappa shape index (κ2) is 11.1. The zero-order chi connectivity index (χ0) is 28.5. The average molecular weight is 575 g/mol. The van der Waals surface area contributed by atoms with Crippen LogP contribution >= 0.6 is 11.3 Å². The molecule has 0 bridgehead atoms. The van der Waals surface area contributed by atoms with E-state index in [1.165, 1.54) is 23.5 Å². The number of thiazole rings is 1. The fourth-order valence-electron chi connectivity index (χ4n) is 3.55. The van der Waals surface area contributed by atoms with Crippen LogP contribution in [0.25, 0.3) is 21.3 Å². The molecule has 0 aliphatic heterocycles. The fourth-order valence-corrected chi connectivity index (χ4v) is 5.97. The molecule has 2 heterocycles. The molecule has 0 unspecified atom stereocenters. The van der Waals surface area contributed by atoms with E-state index in [4.69, 9.17) is 14.1 Å². The van der Waals surface area contributed by atoms with Gasteiger partial charge in [0.05, 0.1) is 21.9 Å². The van der Waals surface area contributed by atoms with Gasteiger partial charge in [-0.3, -0.25) is 4.79 Å². The molecule has 0 saturated carbocycles. The van der Waals surface area contributed by atoms with Gasteiger partial charge in [0, 0.05) is 0 Å². The first-order chi connectivity index (χ1) is 17.5. The van der Waals surface area contributed by atoms with Gasteiger partial charge in [-0.2, -0.15) is 17.9 Å². The van der Waals surface area contributed by atoms with Crippen LogP contribution in [0.4, 0.5) is 13.2 Å². The minimum Gasteiger partial charge on any atom is -0.461 e. The van der Waals surface area contributed by atoms with Gasteiger partial charge >= 0.3 is 6.18 Å². The number of hydrogen-bond donors (Lipinski definition) is 1. The monoisotopic (exact) mass is 574 g/mol. The maximum Gasteiger partial charge on any atom is 0.404 e. The number of halogens is 3. The second-order valence-corrected chi connectivity index (χ2v) is 12.6. The molecule has 0 amide bonds. The highest BCUT2D eigenvalue weighted by Gasteiger charge is 2.39. The topological polar surface area (TPSA) is 124 Å². The van der Waals surface area contributed by atoms with Crippen LogP contribution in [0, 0.1) is 12.8 Å². The van der Waals surface area contributed by atoms with Crippen LogP contribution in [0.3, 0.4) is 0 Å². The summed E-state index contributed by atoms with van der Waals surface area (Å²) in [7, 11) is -4.40. The lowest BCUT2D eigenvalue weighted by atomic mass is 10.0. The van der Waals surface area contributed by atoms with E-state index in [1.807, 2.05) is 13.8 Å². The quantitative estimate of drug-likeness (QED) is 0.314. The van der Waals surface area contributed by atoms with E-state index in [-0.39, 0.29) is 29.0 Å². The molecule has 1 aromatic carbocycles. The van der Waals surface area contributed by atoms with Crippen molar-refractivity contribution < 1.29 is 35.5 Å². The Balaban J connectivity index is 1.97. The van der Waals surface area contributed by atoms with Gasteiger partial charge in [-0.25, -0.2) is 13.4 Å². The predicted octanol–water partition coefficient (Wildman–Crippen LogP) is 5.09. The van der Waals surface area contributed by atoms with Gasteiger partial charge in [0.15, 0.2) is 5.01 Å². The van der Waals surface area contributed by atoms with Crippen LogP contribution in [0.15, 0.2) is 27.5 Å². The predicted molar refractivity (Wildman–Crippen MR) is 135 cm³/mol. The van der Waals surface area contributed by atoms with Gasteiger partial charge in [0.1, 0.15) is 11.6 Å². The summed E-state index contributed by atoms with van der Waals surface area (Å²) in [5.41, 5.74) is 1.14. The van der Waals surface area contributed by atoms with E-state index in [2.05, 4.69) is 10.2 Å². The molecule has 9 nitrogen and oxygen atoms in total. The number of aryl methyl sites for hydroxylation is 1. The number of ether oxygens (including phenoxy) is 1. The minimum atomic E-state index is -4.71. The molecule has 0 fully saturated rings. The Morgan fingerprint density at radius 1 is 1.18 bits per heavy atom. The van der Waals surface area contributed by atoms with Crippen LogP contribution in [-0.4, -0.2) is 47.9 Å². The van der Waals surface area contributed by atoms with Gasteiger partial charge in [0.25, 0.3) is 12.4 Å². The molecule has 38 heavy (non-hydrogen) atoms. The van der Waals surface area contributed by atoms with E-state index in [0.717, 1.165) is 17.5 Å².